The first-order chi connectivity index (χ1) is 24.3. The first-order valence-electron chi connectivity index (χ1n) is 15.4. The lowest BCUT2D eigenvalue weighted by Crippen LogP contribution is -2.30. The van der Waals surface area contributed by atoms with E-state index in [-0.39, 0.29) is 11.6 Å². The Kier molecular flexibility index (Phi) is 12.2. The largest absolute Gasteiger partial charge is 0.493 e. The summed E-state index contributed by atoms with van der Waals surface area (Å²) in [6.07, 6.45) is 1.52. The smallest absolute Gasteiger partial charge is 0.272 e. The minimum atomic E-state index is -0.589. The number of amides is 3. The van der Waals surface area contributed by atoms with Gasteiger partial charge in [0, 0.05) is 16.1 Å². The molecule has 0 aliphatic carbocycles. The monoisotopic (exact) mass is 707 g/mol. The number of para-hydroxylation sites is 1. The van der Waals surface area contributed by atoms with Crippen LogP contribution in [0.2, 0.25) is 5.02 Å². The van der Waals surface area contributed by atoms with Crippen molar-refractivity contribution in [2.24, 2.45) is 0 Å². The van der Waals surface area contributed by atoms with Gasteiger partial charge in [-0.3, -0.25) is 14.4 Å². The van der Waals surface area contributed by atoms with Gasteiger partial charge in [0.15, 0.2) is 11.5 Å². The summed E-state index contributed by atoms with van der Waals surface area (Å²) in [5.41, 5.74) is 2.69. The Labute approximate surface area is 299 Å². The van der Waals surface area contributed by atoms with Crippen LogP contribution in [0.25, 0.3) is 6.08 Å². The molecule has 3 amide bonds. The highest BCUT2D eigenvalue weighted by molar-refractivity contribution is 8.00. The number of rotatable bonds is 13. The van der Waals surface area contributed by atoms with Crippen molar-refractivity contribution in [1.29, 1.82) is 0 Å². The maximum Gasteiger partial charge on any atom is 0.272 e. The fraction of sp³-hybridized carbons (Fsp3) is 0.103. The minimum Gasteiger partial charge on any atom is -0.493 e. The predicted molar refractivity (Wildman–Crippen MR) is 198 cm³/mol. The van der Waals surface area contributed by atoms with E-state index < -0.39 is 17.1 Å². The number of nitrogens with one attached hydrogen (secondary N) is 3. The van der Waals surface area contributed by atoms with Crippen LogP contribution in [0.5, 0.6) is 17.2 Å². The number of thioether (sulfide) groups is 1. The number of halogens is 1. The molecule has 1 unspecified atom stereocenters. The molecule has 9 nitrogen and oxygen atoms in total. The number of hydrogen-bond acceptors (Lipinski definition) is 7. The second kappa shape index (κ2) is 17.1. The Bertz CT molecular complexity index is 1960. The van der Waals surface area contributed by atoms with E-state index in [1.165, 1.54) is 39.2 Å². The van der Waals surface area contributed by atoms with Crippen LogP contribution in [0, 0.1) is 0 Å². The Balaban J connectivity index is 1.38. The van der Waals surface area contributed by atoms with Crippen molar-refractivity contribution in [3.63, 3.8) is 0 Å². The lowest BCUT2D eigenvalue weighted by Gasteiger charge is -2.18. The summed E-state index contributed by atoms with van der Waals surface area (Å²) in [5, 5.41) is 8.38. The molecule has 0 aromatic heterocycles. The van der Waals surface area contributed by atoms with Gasteiger partial charge < -0.3 is 30.2 Å². The number of methoxy groups -OCH3 is 3. The van der Waals surface area contributed by atoms with Gasteiger partial charge in [0.1, 0.15) is 10.9 Å². The average Bonchev–Trinajstić information content (AvgIpc) is 3.15. The van der Waals surface area contributed by atoms with Crippen molar-refractivity contribution in [3.05, 3.63) is 149 Å². The highest BCUT2D eigenvalue weighted by Crippen LogP contribution is 2.39. The Hall–Kier alpha value is -5.71. The molecule has 0 saturated carbocycles. The molecule has 5 aromatic carbocycles. The Morgan fingerprint density at radius 2 is 1.32 bits per heavy atom. The molecule has 11 heteroatoms. The van der Waals surface area contributed by atoms with Crippen molar-refractivity contribution >= 4 is 58.5 Å². The molecule has 0 spiro atoms. The number of anilines is 2. The van der Waals surface area contributed by atoms with Crippen LogP contribution in [0.4, 0.5) is 11.4 Å². The second-order valence-corrected chi connectivity index (χ2v) is 12.3. The number of ether oxygens (including phenoxy) is 3. The normalized spacial score (nSPS) is 11.6. The molecule has 3 N–H and O–H groups in total. The molecule has 5 rings (SSSR count). The summed E-state index contributed by atoms with van der Waals surface area (Å²) >= 11 is 7.66. The maximum absolute atomic E-state index is 13.7. The van der Waals surface area contributed by atoms with E-state index in [1.54, 1.807) is 78.9 Å². The van der Waals surface area contributed by atoms with Crippen molar-refractivity contribution in [1.82, 2.24) is 5.32 Å². The van der Waals surface area contributed by atoms with Crippen molar-refractivity contribution in [2.45, 2.75) is 10.1 Å². The van der Waals surface area contributed by atoms with Gasteiger partial charge in [-0.2, -0.15) is 0 Å². The van der Waals surface area contributed by atoms with E-state index in [4.69, 9.17) is 25.8 Å². The topological polar surface area (TPSA) is 115 Å². The number of carbonyl (C=O) groups excluding carboxylic acids is 3. The average molecular weight is 708 g/mol. The van der Waals surface area contributed by atoms with Crippen LogP contribution in [0.15, 0.2) is 132 Å². The van der Waals surface area contributed by atoms with Crippen molar-refractivity contribution in [3.8, 4) is 17.2 Å². The summed E-state index contributed by atoms with van der Waals surface area (Å²) in [6.45, 7) is 0. The minimum absolute atomic E-state index is 0.0213. The molecule has 0 bridgehead atoms. The summed E-state index contributed by atoms with van der Waals surface area (Å²) in [5.74, 6) is -0.106. The SMILES string of the molecule is COc1cc(/C=C(\NC(=O)c2ccccc2)C(=O)Nc2ccc(SC(C(=O)Nc3ccccc3Cl)c3ccccc3)cc2)cc(OC)c1OC. The molecule has 5 aromatic rings. The van der Waals surface area contributed by atoms with Crippen LogP contribution >= 0.6 is 23.4 Å². The summed E-state index contributed by atoms with van der Waals surface area (Å²) in [4.78, 5) is 41.2. The summed E-state index contributed by atoms with van der Waals surface area (Å²) < 4.78 is 16.4. The summed E-state index contributed by atoms with van der Waals surface area (Å²) in [6, 6.07) is 35.5. The first kappa shape index (κ1) is 35.6. The van der Waals surface area contributed by atoms with Gasteiger partial charge in [-0.25, -0.2) is 0 Å². The Morgan fingerprint density at radius 3 is 1.92 bits per heavy atom. The molecular formula is C39H34ClN3O6S. The molecule has 50 heavy (non-hydrogen) atoms. The third kappa shape index (κ3) is 9.04. The molecule has 0 fully saturated rings. The number of carbonyl (C=O) groups is 3. The van der Waals surface area contributed by atoms with Gasteiger partial charge in [0.2, 0.25) is 11.7 Å². The molecule has 0 radical (unpaired) electrons. The lowest BCUT2D eigenvalue weighted by molar-refractivity contribution is -0.116. The predicted octanol–water partition coefficient (Wildman–Crippen LogP) is 8.25. The van der Waals surface area contributed by atoms with Crippen LogP contribution in [0.3, 0.4) is 0 Å². The number of hydrogen-bond donors (Lipinski definition) is 3. The van der Waals surface area contributed by atoms with Crippen molar-refractivity contribution < 1.29 is 28.6 Å². The molecule has 0 saturated heterocycles. The van der Waals surface area contributed by atoms with Crippen molar-refractivity contribution in [2.75, 3.05) is 32.0 Å². The Morgan fingerprint density at radius 1 is 0.720 bits per heavy atom. The van der Waals surface area contributed by atoms with Gasteiger partial charge in [-0.05, 0) is 77.9 Å². The third-order valence-electron chi connectivity index (χ3n) is 7.37. The molecule has 0 heterocycles. The first-order valence-corrected chi connectivity index (χ1v) is 16.6. The van der Waals surface area contributed by atoms with E-state index in [0.717, 1.165) is 10.5 Å². The molecule has 254 valence electrons. The van der Waals surface area contributed by atoms with E-state index in [0.29, 0.717) is 44.8 Å². The highest BCUT2D eigenvalue weighted by Gasteiger charge is 2.23. The zero-order valence-electron chi connectivity index (χ0n) is 27.4. The van der Waals surface area contributed by atoms with Crippen LogP contribution in [0.1, 0.15) is 26.7 Å². The molecule has 0 aliphatic rings. The van der Waals surface area contributed by atoms with E-state index in [2.05, 4.69) is 16.0 Å². The molecule has 0 aliphatic heterocycles. The zero-order chi connectivity index (χ0) is 35.5. The van der Waals surface area contributed by atoms with Gasteiger partial charge in [0.25, 0.3) is 11.8 Å². The highest BCUT2D eigenvalue weighted by atomic mass is 35.5. The van der Waals surface area contributed by atoms with Crippen LogP contribution in [-0.4, -0.2) is 39.1 Å². The molecular weight excluding hydrogens is 674 g/mol. The van der Waals surface area contributed by atoms with E-state index in [1.807, 2.05) is 42.5 Å². The van der Waals surface area contributed by atoms with E-state index in [9.17, 15) is 14.4 Å². The zero-order valence-corrected chi connectivity index (χ0v) is 29.0. The quantitative estimate of drug-likeness (QED) is 0.0834. The van der Waals surface area contributed by atoms with Gasteiger partial charge in [0.05, 0.1) is 32.0 Å². The van der Waals surface area contributed by atoms with Gasteiger partial charge >= 0.3 is 0 Å². The van der Waals surface area contributed by atoms with Gasteiger partial charge in [-0.15, -0.1) is 11.8 Å². The van der Waals surface area contributed by atoms with Crippen LogP contribution < -0.4 is 30.2 Å². The second-order valence-electron chi connectivity index (χ2n) is 10.7. The van der Waals surface area contributed by atoms with Gasteiger partial charge in [-0.1, -0.05) is 72.3 Å². The maximum atomic E-state index is 13.7. The molecule has 1 atom stereocenters. The summed E-state index contributed by atoms with van der Waals surface area (Å²) in [7, 11) is 4.48. The fourth-order valence-electron chi connectivity index (χ4n) is 4.91. The fourth-order valence-corrected chi connectivity index (χ4v) is 6.11. The number of benzene rings is 5. The lowest BCUT2D eigenvalue weighted by atomic mass is 10.1. The third-order valence-corrected chi connectivity index (χ3v) is 8.96. The van der Waals surface area contributed by atoms with Crippen LogP contribution in [-0.2, 0) is 9.59 Å². The standard InChI is InChI=1S/C39H34ClN3O6S/c1-47-33-23-25(24-34(48-2)35(33)49-3)22-32(43-37(44)27-14-8-5-9-15-27)38(45)41-28-18-20-29(21-19-28)50-36(26-12-6-4-7-13-26)39(46)42-31-17-11-10-16-30(31)40/h4-24,36H,1-3H3,(H,41,45)(H,42,46)(H,43,44)/b32-22-. The van der Waals surface area contributed by atoms with E-state index >= 15 is 0 Å².